The third-order valence-electron chi connectivity index (χ3n) is 5.79. The summed E-state index contributed by atoms with van der Waals surface area (Å²) in [7, 11) is 0. The zero-order valence-corrected chi connectivity index (χ0v) is 22.9. The largest absolute Gasteiger partial charge is 0.467 e. The van der Waals surface area contributed by atoms with Gasteiger partial charge in [-0.3, -0.25) is 29.4 Å². The van der Waals surface area contributed by atoms with Gasteiger partial charge in [0.05, 0.1) is 17.7 Å². The lowest BCUT2D eigenvalue weighted by molar-refractivity contribution is -0.384. The van der Waals surface area contributed by atoms with Gasteiger partial charge in [-0.2, -0.15) is 0 Å². The summed E-state index contributed by atoms with van der Waals surface area (Å²) in [5.41, 5.74) is 1.33. The fourth-order valence-electron chi connectivity index (χ4n) is 3.83. The Balaban J connectivity index is 1.39. The van der Waals surface area contributed by atoms with E-state index in [0.29, 0.717) is 22.0 Å². The summed E-state index contributed by atoms with van der Waals surface area (Å²) in [5, 5.41) is 16.7. The molecule has 0 aliphatic carbocycles. The Morgan fingerprint density at radius 3 is 2.38 bits per heavy atom. The number of imide groups is 1. The molecule has 4 aromatic rings. The Labute approximate surface area is 240 Å². The first-order valence-electron chi connectivity index (χ1n) is 11.8. The molecule has 3 aromatic carbocycles. The predicted molar refractivity (Wildman–Crippen MR) is 152 cm³/mol. The maximum atomic E-state index is 13.4. The molecule has 12 heteroatoms. The second-order valence-corrected chi connectivity index (χ2v) is 10.5. The summed E-state index contributed by atoms with van der Waals surface area (Å²) in [5.74, 6) is -0.960. The van der Waals surface area contributed by atoms with Gasteiger partial charge in [0.1, 0.15) is 16.4 Å². The molecule has 0 unspecified atom stereocenters. The second kappa shape index (κ2) is 11.6. The number of hydrogen-bond donors (Lipinski definition) is 2. The first-order valence-corrected chi connectivity index (χ1v) is 13.4. The number of nitro groups is 1. The summed E-state index contributed by atoms with van der Waals surface area (Å²) >= 11 is 4.48. The van der Waals surface area contributed by atoms with E-state index in [1.54, 1.807) is 48.5 Å². The summed E-state index contributed by atoms with van der Waals surface area (Å²) in [6.45, 7) is -0.0222. The van der Waals surface area contributed by atoms with Crippen molar-refractivity contribution in [2.75, 3.05) is 10.6 Å². The monoisotopic (exact) mass is 618 g/mol. The molecule has 10 nitrogen and oxygen atoms in total. The molecule has 0 bridgehead atoms. The number of rotatable bonds is 9. The molecule has 40 heavy (non-hydrogen) atoms. The van der Waals surface area contributed by atoms with E-state index in [1.807, 2.05) is 12.1 Å². The highest BCUT2D eigenvalue weighted by atomic mass is 79.9. The van der Waals surface area contributed by atoms with Crippen LogP contribution in [-0.2, 0) is 16.1 Å². The Kier molecular flexibility index (Phi) is 7.80. The number of benzene rings is 3. The number of halogens is 1. The first kappa shape index (κ1) is 26.9. The summed E-state index contributed by atoms with van der Waals surface area (Å²) in [4.78, 5) is 51.8. The third-order valence-corrected chi connectivity index (χ3v) is 7.39. The number of amides is 3. The minimum Gasteiger partial charge on any atom is -0.467 e. The minimum atomic E-state index is -0.540. The molecule has 0 saturated heterocycles. The first-order chi connectivity index (χ1) is 19.3. The molecule has 0 fully saturated rings. The van der Waals surface area contributed by atoms with Crippen molar-refractivity contribution in [3.8, 4) is 0 Å². The highest BCUT2D eigenvalue weighted by Crippen LogP contribution is 2.37. The van der Waals surface area contributed by atoms with Crippen LogP contribution in [0, 0.1) is 10.1 Å². The van der Waals surface area contributed by atoms with Crippen molar-refractivity contribution in [1.82, 2.24) is 4.90 Å². The third kappa shape index (κ3) is 5.98. The van der Waals surface area contributed by atoms with Gasteiger partial charge >= 0.3 is 0 Å². The van der Waals surface area contributed by atoms with Crippen LogP contribution in [0.1, 0.15) is 16.1 Å². The van der Waals surface area contributed by atoms with Crippen LogP contribution >= 0.6 is 27.7 Å². The molecule has 1 aliphatic heterocycles. The Hall–Kier alpha value is -4.68. The van der Waals surface area contributed by atoms with Gasteiger partial charge in [-0.05, 0) is 66.7 Å². The van der Waals surface area contributed by atoms with Crippen molar-refractivity contribution >= 4 is 62.5 Å². The minimum absolute atomic E-state index is 0.0222. The van der Waals surface area contributed by atoms with Crippen molar-refractivity contribution in [3.63, 3.8) is 0 Å². The molecule has 0 atom stereocenters. The molecule has 5 rings (SSSR count). The fourth-order valence-corrected chi connectivity index (χ4v) is 5.10. The molecule has 3 amide bonds. The van der Waals surface area contributed by atoms with Crippen molar-refractivity contribution in [2.45, 2.75) is 11.4 Å². The van der Waals surface area contributed by atoms with E-state index in [0.717, 1.165) is 21.1 Å². The van der Waals surface area contributed by atoms with Gasteiger partial charge in [0, 0.05) is 38.4 Å². The van der Waals surface area contributed by atoms with E-state index in [1.165, 1.54) is 30.5 Å². The number of non-ortho nitro benzene ring substituents is 1. The van der Waals surface area contributed by atoms with Crippen LogP contribution in [0.3, 0.4) is 0 Å². The Bertz CT molecular complexity index is 1640. The molecule has 200 valence electrons. The molecular formula is C28H19BrN4O6S. The number of anilines is 2. The number of nitro benzene ring substituents is 1. The van der Waals surface area contributed by atoms with Gasteiger partial charge in [0.25, 0.3) is 23.4 Å². The van der Waals surface area contributed by atoms with Crippen molar-refractivity contribution in [1.29, 1.82) is 0 Å². The molecular weight excluding hydrogens is 600 g/mol. The van der Waals surface area contributed by atoms with E-state index in [2.05, 4.69) is 26.6 Å². The molecule has 2 N–H and O–H groups in total. The Morgan fingerprint density at radius 1 is 0.950 bits per heavy atom. The van der Waals surface area contributed by atoms with E-state index in [-0.39, 0.29) is 28.4 Å². The second-order valence-electron chi connectivity index (χ2n) is 8.50. The summed E-state index contributed by atoms with van der Waals surface area (Å²) in [6.07, 6.45) is 1.47. The molecule has 0 spiro atoms. The zero-order chi connectivity index (χ0) is 28.2. The quantitative estimate of drug-likeness (QED) is 0.129. The fraction of sp³-hybridized carbons (Fsp3) is 0.0357. The lowest BCUT2D eigenvalue weighted by Crippen LogP contribution is -2.31. The normalized spacial score (nSPS) is 13.1. The van der Waals surface area contributed by atoms with Crippen molar-refractivity contribution in [2.24, 2.45) is 0 Å². The molecule has 0 radical (unpaired) electrons. The lowest BCUT2D eigenvalue weighted by atomic mass is 10.2. The van der Waals surface area contributed by atoms with E-state index in [4.69, 9.17) is 4.42 Å². The van der Waals surface area contributed by atoms with E-state index >= 15 is 0 Å². The van der Waals surface area contributed by atoms with Crippen LogP contribution in [0.25, 0.3) is 0 Å². The van der Waals surface area contributed by atoms with Gasteiger partial charge < -0.3 is 15.1 Å². The standard InChI is InChI=1S/C28H19BrN4O6S/c29-18-8-10-19(11-9-18)30-24-25(28(36)32(27(24)35)16-22-4-2-14-39-22)40-23-5-1-3-20(15-23)31-26(34)17-6-12-21(13-7-17)33(37)38/h1-15,30H,16H2,(H,31,34). The highest BCUT2D eigenvalue weighted by Gasteiger charge is 2.39. The number of nitrogens with zero attached hydrogens (tertiary/aromatic N) is 2. The molecule has 2 heterocycles. The number of nitrogens with one attached hydrogen (secondary N) is 2. The summed E-state index contributed by atoms with van der Waals surface area (Å²) in [6, 6.07) is 22.6. The zero-order valence-electron chi connectivity index (χ0n) is 20.5. The van der Waals surface area contributed by atoms with Gasteiger partial charge in [0.2, 0.25) is 0 Å². The summed E-state index contributed by atoms with van der Waals surface area (Å²) < 4.78 is 6.21. The topological polar surface area (TPSA) is 135 Å². The maximum Gasteiger partial charge on any atom is 0.278 e. The smallest absolute Gasteiger partial charge is 0.278 e. The number of furan rings is 1. The van der Waals surface area contributed by atoms with Gasteiger partial charge in [0.15, 0.2) is 0 Å². The van der Waals surface area contributed by atoms with Gasteiger partial charge in [-0.1, -0.05) is 33.8 Å². The number of thioether (sulfide) groups is 1. The average Bonchev–Trinajstić information content (AvgIpc) is 3.54. The SMILES string of the molecule is O=C(Nc1cccc(SC2=C(Nc3ccc(Br)cc3)C(=O)N(Cc3ccco3)C2=O)c1)c1ccc([N+](=O)[O-])cc1. The molecule has 1 aliphatic rings. The maximum absolute atomic E-state index is 13.4. The number of carbonyl (C=O) groups is 3. The van der Waals surface area contributed by atoms with Crippen LogP contribution < -0.4 is 10.6 Å². The molecule has 0 saturated carbocycles. The van der Waals surface area contributed by atoms with E-state index < -0.39 is 22.6 Å². The van der Waals surface area contributed by atoms with Crippen molar-refractivity contribution < 1.29 is 23.7 Å². The number of hydrogen-bond acceptors (Lipinski definition) is 8. The van der Waals surface area contributed by atoms with Gasteiger partial charge in [-0.25, -0.2) is 0 Å². The number of carbonyl (C=O) groups excluding carboxylic acids is 3. The van der Waals surface area contributed by atoms with Crippen LogP contribution in [-0.4, -0.2) is 27.5 Å². The Morgan fingerprint density at radius 2 is 1.70 bits per heavy atom. The highest BCUT2D eigenvalue weighted by molar-refractivity contribution is 9.10. The van der Waals surface area contributed by atoms with Gasteiger partial charge in [-0.15, -0.1) is 0 Å². The van der Waals surface area contributed by atoms with Crippen LogP contribution in [0.15, 0.2) is 116 Å². The molecule has 1 aromatic heterocycles. The average molecular weight is 619 g/mol. The predicted octanol–water partition coefficient (Wildman–Crippen LogP) is 6.19. The van der Waals surface area contributed by atoms with Crippen LogP contribution in [0.2, 0.25) is 0 Å². The van der Waals surface area contributed by atoms with Crippen molar-refractivity contribution in [3.05, 3.63) is 128 Å². The van der Waals surface area contributed by atoms with Crippen LogP contribution in [0.5, 0.6) is 0 Å². The lowest BCUT2D eigenvalue weighted by Gasteiger charge is -2.13. The van der Waals surface area contributed by atoms with Crippen LogP contribution in [0.4, 0.5) is 17.1 Å². The van der Waals surface area contributed by atoms with E-state index in [9.17, 15) is 24.5 Å².